The average molecular weight is 502 g/mol. The van der Waals surface area contributed by atoms with Gasteiger partial charge in [-0.2, -0.15) is 0 Å². The van der Waals surface area contributed by atoms with Gasteiger partial charge >= 0.3 is 0 Å². The summed E-state index contributed by atoms with van der Waals surface area (Å²) < 4.78 is 0. The van der Waals surface area contributed by atoms with Crippen molar-refractivity contribution in [2.24, 2.45) is 5.92 Å². The van der Waals surface area contributed by atoms with Crippen LogP contribution >= 0.6 is 0 Å². The number of pyridine rings is 1. The van der Waals surface area contributed by atoms with Crippen molar-refractivity contribution >= 4 is 16.8 Å². The largest absolute Gasteiger partial charge is 0.507 e. The molecule has 3 heterocycles. The molecule has 0 unspecified atom stereocenters. The number of rotatable bonds is 6. The molecular weight excluding hydrogens is 470 g/mol. The molecule has 3 aromatic carbocycles. The first-order valence-corrected chi connectivity index (χ1v) is 13.3. The molecule has 0 bridgehead atoms. The second-order valence-corrected chi connectivity index (χ2v) is 10.2. The number of nitrogens with one attached hydrogen (secondary N) is 1. The summed E-state index contributed by atoms with van der Waals surface area (Å²) in [6.07, 6.45) is 7.17. The van der Waals surface area contributed by atoms with E-state index in [2.05, 4.69) is 40.3 Å². The lowest BCUT2D eigenvalue weighted by molar-refractivity contribution is -0.131. The molecule has 38 heavy (non-hydrogen) atoms. The van der Waals surface area contributed by atoms with E-state index >= 15 is 0 Å². The van der Waals surface area contributed by atoms with Crippen LogP contribution in [0.2, 0.25) is 0 Å². The monoisotopic (exact) mass is 501 g/mol. The summed E-state index contributed by atoms with van der Waals surface area (Å²) in [5, 5.41) is 12.1. The standard InChI is InChI=1S/C33H31N3O2/c37-32(36-17-14-25(15-18-36)19-23-5-2-1-3-6-23)20-24-9-11-26(12-10-24)28-7-4-8-29(33(28)38)31-21-27-22-34-16-13-30(27)35-31/h1-13,16,21-22,25,35,38H,14-15,17-20H2. The Bertz CT molecular complexity index is 1520. The van der Waals surface area contributed by atoms with Crippen molar-refractivity contribution in [3.05, 3.63) is 108 Å². The van der Waals surface area contributed by atoms with E-state index in [-0.39, 0.29) is 11.7 Å². The van der Waals surface area contributed by atoms with Crippen molar-refractivity contribution in [1.29, 1.82) is 0 Å². The molecule has 0 saturated carbocycles. The number of piperidine rings is 1. The number of aromatic nitrogens is 2. The second kappa shape index (κ2) is 10.5. The van der Waals surface area contributed by atoms with Gasteiger partial charge in [0.05, 0.1) is 12.1 Å². The van der Waals surface area contributed by atoms with Gasteiger partial charge in [0.15, 0.2) is 0 Å². The van der Waals surface area contributed by atoms with Gasteiger partial charge in [-0.05, 0) is 60.1 Å². The van der Waals surface area contributed by atoms with Gasteiger partial charge in [0, 0.05) is 47.5 Å². The van der Waals surface area contributed by atoms with Crippen molar-refractivity contribution in [3.8, 4) is 28.1 Å². The van der Waals surface area contributed by atoms with Crippen LogP contribution in [0.3, 0.4) is 0 Å². The third-order valence-electron chi connectivity index (χ3n) is 7.70. The van der Waals surface area contributed by atoms with Crippen molar-refractivity contribution in [3.63, 3.8) is 0 Å². The lowest BCUT2D eigenvalue weighted by atomic mass is 9.90. The zero-order valence-corrected chi connectivity index (χ0v) is 21.3. The highest BCUT2D eigenvalue weighted by atomic mass is 16.3. The molecule has 0 radical (unpaired) electrons. The number of benzene rings is 3. The summed E-state index contributed by atoms with van der Waals surface area (Å²) in [6.45, 7) is 1.66. The van der Waals surface area contributed by atoms with Crippen molar-refractivity contribution in [1.82, 2.24) is 14.9 Å². The molecule has 1 fully saturated rings. The summed E-state index contributed by atoms with van der Waals surface area (Å²) in [4.78, 5) is 22.6. The Morgan fingerprint density at radius 3 is 2.42 bits per heavy atom. The molecule has 5 nitrogen and oxygen atoms in total. The van der Waals surface area contributed by atoms with Crippen molar-refractivity contribution < 1.29 is 9.90 Å². The number of phenolic OH excluding ortho intramolecular Hbond substituents is 1. The Hall–Kier alpha value is -4.38. The fourth-order valence-corrected chi connectivity index (χ4v) is 5.53. The molecule has 190 valence electrons. The van der Waals surface area contributed by atoms with Gasteiger partial charge in [-0.15, -0.1) is 0 Å². The highest BCUT2D eigenvalue weighted by Crippen LogP contribution is 2.38. The molecule has 1 saturated heterocycles. The predicted molar refractivity (Wildman–Crippen MR) is 152 cm³/mol. The van der Waals surface area contributed by atoms with E-state index in [1.165, 1.54) is 5.56 Å². The number of nitrogens with zero attached hydrogens (tertiary/aromatic N) is 2. The van der Waals surface area contributed by atoms with Gasteiger partial charge < -0.3 is 15.0 Å². The van der Waals surface area contributed by atoms with Crippen LogP contribution in [0.4, 0.5) is 0 Å². The minimum absolute atomic E-state index is 0.189. The third-order valence-corrected chi connectivity index (χ3v) is 7.70. The first kappa shape index (κ1) is 24.0. The lowest BCUT2D eigenvalue weighted by Gasteiger charge is -2.32. The maximum Gasteiger partial charge on any atom is 0.226 e. The molecule has 5 aromatic rings. The molecule has 6 rings (SSSR count). The normalized spacial score (nSPS) is 14.2. The van der Waals surface area contributed by atoms with E-state index in [9.17, 15) is 9.90 Å². The highest BCUT2D eigenvalue weighted by molar-refractivity contribution is 5.89. The van der Waals surface area contributed by atoms with E-state index < -0.39 is 0 Å². The topological polar surface area (TPSA) is 69.2 Å². The third kappa shape index (κ3) is 5.05. The van der Waals surface area contributed by atoms with E-state index in [4.69, 9.17) is 0 Å². The minimum Gasteiger partial charge on any atom is -0.507 e. The Kier molecular flexibility index (Phi) is 6.65. The fraction of sp³-hybridized carbons (Fsp3) is 0.212. The van der Waals surface area contributed by atoms with Gasteiger partial charge in [-0.1, -0.05) is 66.7 Å². The maximum absolute atomic E-state index is 13.0. The number of aromatic hydroxyl groups is 1. The first-order chi connectivity index (χ1) is 18.6. The van der Waals surface area contributed by atoms with Crippen LogP contribution in [0.25, 0.3) is 33.3 Å². The van der Waals surface area contributed by atoms with Gasteiger partial charge in [-0.3, -0.25) is 9.78 Å². The summed E-state index contributed by atoms with van der Waals surface area (Å²) in [7, 11) is 0. The van der Waals surface area contributed by atoms with E-state index in [0.29, 0.717) is 12.3 Å². The van der Waals surface area contributed by atoms with Crippen molar-refractivity contribution in [2.45, 2.75) is 25.7 Å². The van der Waals surface area contributed by atoms with Crippen LogP contribution < -0.4 is 0 Å². The number of para-hydroxylation sites is 1. The number of H-pyrrole nitrogens is 1. The number of hydrogen-bond donors (Lipinski definition) is 2. The van der Waals surface area contributed by atoms with E-state index in [0.717, 1.165) is 71.2 Å². The molecule has 0 spiro atoms. The first-order valence-electron chi connectivity index (χ1n) is 13.3. The van der Waals surface area contributed by atoms with Crippen LogP contribution in [0.5, 0.6) is 5.75 Å². The van der Waals surface area contributed by atoms with Crippen LogP contribution in [0, 0.1) is 5.92 Å². The highest BCUT2D eigenvalue weighted by Gasteiger charge is 2.23. The van der Waals surface area contributed by atoms with Crippen LogP contribution in [0.1, 0.15) is 24.0 Å². The number of likely N-dealkylation sites (tertiary alicyclic amines) is 1. The van der Waals surface area contributed by atoms with E-state index in [1.54, 1.807) is 6.20 Å². The molecule has 0 aliphatic carbocycles. The number of hydrogen-bond acceptors (Lipinski definition) is 3. The number of fused-ring (bicyclic) bond motifs is 1. The summed E-state index contributed by atoms with van der Waals surface area (Å²) >= 11 is 0. The van der Waals surface area contributed by atoms with Crippen LogP contribution in [0.15, 0.2) is 97.3 Å². The summed E-state index contributed by atoms with van der Waals surface area (Å²) in [5.41, 5.74) is 6.62. The minimum atomic E-state index is 0.189. The summed E-state index contributed by atoms with van der Waals surface area (Å²) in [5.74, 6) is 1.06. The van der Waals surface area contributed by atoms with Crippen molar-refractivity contribution in [2.75, 3.05) is 13.1 Å². The molecule has 1 aliphatic heterocycles. The molecular formula is C33H31N3O2. The average Bonchev–Trinajstić information content (AvgIpc) is 3.39. The van der Waals surface area contributed by atoms with Gasteiger partial charge in [-0.25, -0.2) is 0 Å². The Morgan fingerprint density at radius 2 is 1.66 bits per heavy atom. The maximum atomic E-state index is 13.0. The Labute approximate surface area is 222 Å². The predicted octanol–water partition coefficient (Wildman–Crippen LogP) is 6.63. The number of phenols is 1. The van der Waals surface area contributed by atoms with Gasteiger partial charge in [0.2, 0.25) is 5.91 Å². The SMILES string of the molecule is O=C(Cc1ccc(-c2cccc(-c3cc4cnccc4[nH]3)c2O)cc1)N1CCC(Cc2ccccc2)CC1. The van der Waals surface area contributed by atoms with Crippen LogP contribution in [-0.2, 0) is 17.6 Å². The number of carbonyl (C=O) groups excluding carboxylic acids is 1. The zero-order chi connectivity index (χ0) is 25.9. The zero-order valence-electron chi connectivity index (χ0n) is 21.3. The second-order valence-electron chi connectivity index (χ2n) is 10.2. The van der Waals surface area contributed by atoms with E-state index in [1.807, 2.05) is 65.7 Å². The van der Waals surface area contributed by atoms with Crippen LogP contribution in [-0.4, -0.2) is 39.0 Å². The Balaban J connectivity index is 1.10. The number of aromatic amines is 1. The Morgan fingerprint density at radius 1 is 0.895 bits per heavy atom. The smallest absolute Gasteiger partial charge is 0.226 e. The number of carbonyl (C=O) groups is 1. The molecule has 2 aromatic heterocycles. The molecule has 1 aliphatic rings. The van der Waals surface area contributed by atoms with Gasteiger partial charge in [0.25, 0.3) is 0 Å². The molecule has 0 atom stereocenters. The lowest BCUT2D eigenvalue weighted by Crippen LogP contribution is -2.39. The quantitative estimate of drug-likeness (QED) is 0.274. The molecule has 5 heteroatoms. The van der Waals surface area contributed by atoms with Gasteiger partial charge in [0.1, 0.15) is 5.75 Å². The molecule has 2 N–H and O–H groups in total. The fourth-order valence-electron chi connectivity index (χ4n) is 5.53. The summed E-state index contributed by atoms with van der Waals surface area (Å²) in [6, 6.07) is 28.3. The number of amides is 1. The molecule has 1 amide bonds.